The zero-order valence-electron chi connectivity index (χ0n) is 12.4. The second-order valence-corrected chi connectivity index (χ2v) is 6.58. The van der Waals surface area contributed by atoms with Crippen LogP contribution in [0, 0.1) is 5.92 Å². The summed E-state index contributed by atoms with van der Waals surface area (Å²) in [4.78, 5) is 0. The Hall–Kier alpha value is -0.860. The van der Waals surface area contributed by atoms with Crippen molar-refractivity contribution in [1.29, 1.82) is 0 Å². The lowest BCUT2D eigenvalue weighted by molar-refractivity contribution is 0.107. The Morgan fingerprint density at radius 1 is 1.00 bits per heavy atom. The van der Waals surface area contributed by atoms with Crippen LogP contribution in [0.2, 0.25) is 0 Å². The van der Waals surface area contributed by atoms with Crippen LogP contribution in [0.4, 0.5) is 0 Å². The third-order valence-electron chi connectivity index (χ3n) is 5.09. The van der Waals surface area contributed by atoms with Gasteiger partial charge in [0.05, 0.1) is 6.10 Å². The van der Waals surface area contributed by atoms with Crippen molar-refractivity contribution in [3.8, 4) is 0 Å². The SMILES string of the molecule is OC1CCC(CNC2CCCCc3ccccc32)CC1. The number of aliphatic hydroxyl groups excluding tert-OH is 1. The van der Waals surface area contributed by atoms with Crippen molar-refractivity contribution in [2.75, 3.05) is 6.54 Å². The predicted molar refractivity (Wildman–Crippen MR) is 82.7 cm³/mol. The summed E-state index contributed by atoms with van der Waals surface area (Å²) in [6, 6.07) is 9.50. The summed E-state index contributed by atoms with van der Waals surface area (Å²) in [6.07, 6.45) is 9.48. The molecule has 1 saturated carbocycles. The highest BCUT2D eigenvalue weighted by Gasteiger charge is 2.22. The number of rotatable bonds is 3. The van der Waals surface area contributed by atoms with Crippen molar-refractivity contribution in [2.45, 2.75) is 63.5 Å². The third kappa shape index (κ3) is 3.42. The number of benzene rings is 1. The quantitative estimate of drug-likeness (QED) is 0.825. The average molecular weight is 273 g/mol. The van der Waals surface area contributed by atoms with E-state index in [-0.39, 0.29) is 6.10 Å². The van der Waals surface area contributed by atoms with E-state index in [1.54, 1.807) is 5.56 Å². The van der Waals surface area contributed by atoms with Gasteiger partial charge in [-0.2, -0.15) is 0 Å². The summed E-state index contributed by atoms with van der Waals surface area (Å²) in [6.45, 7) is 1.12. The molecule has 1 aromatic carbocycles. The maximum absolute atomic E-state index is 9.59. The summed E-state index contributed by atoms with van der Waals surface area (Å²) < 4.78 is 0. The molecule has 2 heteroatoms. The first-order valence-electron chi connectivity index (χ1n) is 8.32. The summed E-state index contributed by atoms with van der Waals surface area (Å²) >= 11 is 0. The van der Waals surface area contributed by atoms with Crippen molar-refractivity contribution in [1.82, 2.24) is 5.32 Å². The topological polar surface area (TPSA) is 32.3 Å². The minimum absolute atomic E-state index is 0.0372. The van der Waals surface area contributed by atoms with E-state index in [2.05, 4.69) is 29.6 Å². The molecule has 0 spiro atoms. The summed E-state index contributed by atoms with van der Waals surface area (Å²) in [5.41, 5.74) is 3.07. The fourth-order valence-electron chi connectivity index (χ4n) is 3.79. The molecule has 0 saturated heterocycles. The highest BCUT2D eigenvalue weighted by molar-refractivity contribution is 5.31. The Balaban J connectivity index is 1.59. The molecule has 1 atom stereocenters. The van der Waals surface area contributed by atoms with Crippen LogP contribution in [0.25, 0.3) is 0 Å². The molecule has 0 aromatic heterocycles. The molecule has 0 aliphatic heterocycles. The maximum atomic E-state index is 9.59. The minimum atomic E-state index is -0.0372. The van der Waals surface area contributed by atoms with Crippen molar-refractivity contribution >= 4 is 0 Å². The zero-order chi connectivity index (χ0) is 13.8. The lowest BCUT2D eigenvalue weighted by Gasteiger charge is -2.28. The number of aryl methyl sites for hydroxylation is 1. The molecule has 2 N–H and O–H groups in total. The molecule has 0 amide bonds. The van der Waals surface area contributed by atoms with E-state index >= 15 is 0 Å². The van der Waals surface area contributed by atoms with E-state index in [0.29, 0.717) is 6.04 Å². The molecular formula is C18H27NO. The largest absolute Gasteiger partial charge is 0.393 e. The Bertz CT molecular complexity index is 423. The van der Waals surface area contributed by atoms with Crippen LogP contribution in [-0.2, 0) is 6.42 Å². The Morgan fingerprint density at radius 2 is 1.80 bits per heavy atom. The lowest BCUT2D eigenvalue weighted by atomic mass is 9.87. The molecule has 0 bridgehead atoms. The molecule has 110 valence electrons. The van der Waals surface area contributed by atoms with Gasteiger partial charge in [-0.15, -0.1) is 0 Å². The standard InChI is InChI=1S/C18H27NO/c20-16-11-9-14(10-12-16)13-19-18-8-4-2-6-15-5-1-3-7-17(15)18/h1,3,5,7,14,16,18-20H,2,4,6,8-13H2. The van der Waals surface area contributed by atoms with Crippen LogP contribution in [0.1, 0.15) is 62.1 Å². The number of nitrogens with one attached hydrogen (secondary N) is 1. The fourth-order valence-corrected chi connectivity index (χ4v) is 3.79. The number of aliphatic hydroxyl groups is 1. The number of hydrogen-bond donors (Lipinski definition) is 2. The van der Waals surface area contributed by atoms with Gasteiger partial charge in [0.1, 0.15) is 0 Å². The molecule has 0 radical (unpaired) electrons. The highest BCUT2D eigenvalue weighted by Crippen LogP contribution is 2.30. The van der Waals surface area contributed by atoms with Crippen LogP contribution < -0.4 is 5.32 Å². The molecule has 2 aliphatic rings. The van der Waals surface area contributed by atoms with Crippen LogP contribution in [0.15, 0.2) is 24.3 Å². The summed E-state index contributed by atoms with van der Waals surface area (Å²) in [5.74, 6) is 0.758. The van der Waals surface area contributed by atoms with Gasteiger partial charge in [0.25, 0.3) is 0 Å². The van der Waals surface area contributed by atoms with Gasteiger partial charge in [-0.25, -0.2) is 0 Å². The highest BCUT2D eigenvalue weighted by atomic mass is 16.3. The Morgan fingerprint density at radius 3 is 2.65 bits per heavy atom. The summed E-state index contributed by atoms with van der Waals surface area (Å²) in [5, 5.41) is 13.4. The van der Waals surface area contributed by atoms with Crippen molar-refractivity contribution < 1.29 is 5.11 Å². The van der Waals surface area contributed by atoms with E-state index in [9.17, 15) is 5.11 Å². The number of hydrogen-bond acceptors (Lipinski definition) is 2. The second kappa shape index (κ2) is 6.73. The molecule has 1 aromatic rings. The van der Waals surface area contributed by atoms with Crippen LogP contribution in [0.3, 0.4) is 0 Å². The van der Waals surface area contributed by atoms with Crippen molar-refractivity contribution in [3.63, 3.8) is 0 Å². The normalized spacial score (nSPS) is 30.6. The first kappa shape index (κ1) is 14.1. The zero-order valence-corrected chi connectivity index (χ0v) is 12.4. The van der Waals surface area contributed by atoms with Gasteiger partial charge in [-0.3, -0.25) is 0 Å². The molecule has 1 unspecified atom stereocenters. The third-order valence-corrected chi connectivity index (χ3v) is 5.09. The smallest absolute Gasteiger partial charge is 0.0540 e. The van der Waals surface area contributed by atoms with Gasteiger partial charge in [0.2, 0.25) is 0 Å². The van der Waals surface area contributed by atoms with E-state index < -0.39 is 0 Å². The molecule has 3 rings (SSSR count). The molecule has 20 heavy (non-hydrogen) atoms. The van der Waals surface area contributed by atoms with Gasteiger partial charge >= 0.3 is 0 Å². The monoisotopic (exact) mass is 273 g/mol. The van der Waals surface area contributed by atoms with E-state index in [1.165, 1.54) is 44.1 Å². The van der Waals surface area contributed by atoms with Gasteiger partial charge in [0.15, 0.2) is 0 Å². The predicted octanol–water partition coefficient (Wildman–Crippen LogP) is 3.59. The molecule has 2 nitrogen and oxygen atoms in total. The van der Waals surface area contributed by atoms with Crippen molar-refractivity contribution in [2.24, 2.45) is 5.92 Å². The van der Waals surface area contributed by atoms with Gasteiger partial charge in [-0.1, -0.05) is 30.7 Å². The van der Waals surface area contributed by atoms with Crippen LogP contribution in [-0.4, -0.2) is 17.8 Å². The second-order valence-electron chi connectivity index (χ2n) is 6.58. The molecular weight excluding hydrogens is 246 g/mol. The minimum Gasteiger partial charge on any atom is -0.393 e. The van der Waals surface area contributed by atoms with Crippen molar-refractivity contribution in [3.05, 3.63) is 35.4 Å². The lowest BCUT2D eigenvalue weighted by Crippen LogP contribution is -2.30. The first-order chi connectivity index (χ1) is 9.83. The van der Waals surface area contributed by atoms with Gasteiger partial charge in [-0.05, 0) is 68.5 Å². The molecule has 2 aliphatic carbocycles. The first-order valence-corrected chi connectivity index (χ1v) is 8.32. The number of fused-ring (bicyclic) bond motifs is 1. The maximum Gasteiger partial charge on any atom is 0.0540 e. The Labute approximate surface area is 122 Å². The summed E-state index contributed by atoms with van der Waals surface area (Å²) in [7, 11) is 0. The molecule has 1 fully saturated rings. The fraction of sp³-hybridized carbons (Fsp3) is 0.667. The average Bonchev–Trinajstić information content (AvgIpc) is 2.69. The van der Waals surface area contributed by atoms with Crippen LogP contribution >= 0.6 is 0 Å². The van der Waals surface area contributed by atoms with Gasteiger partial charge in [0, 0.05) is 6.04 Å². The van der Waals surface area contributed by atoms with E-state index in [0.717, 1.165) is 25.3 Å². The van der Waals surface area contributed by atoms with Crippen LogP contribution in [0.5, 0.6) is 0 Å². The van der Waals surface area contributed by atoms with E-state index in [4.69, 9.17) is 0 Å². The van der Waals surface area contributed by atoms with E-state index in [1.807, 2.05) is 0 Å². The Kier molecular flexibility index (Phi) is 4.74. The van der Waals surface area contributed by atoms with Gasteiger partial charge < -0.3 is 10.4 Å². The molecule has 0 heterocycles.